The van der Waals surface area contributed by atoms with Crippen molar-refractivity contribution in [3.8, 4) is 5.75 Å². The van der Waals surface area contributed by atoms with Crippen LogP contribution in [0, 0.1) is 11.6 Å². The fourth-order valence-corrected chi connectivity index (χ4v) is 2.82. The second kappa shape index (κ2) is 6.99. The second-order valence-corrected chi connectivity index (χ2v) is 5.93. The van der Waals surface area contributed by atoms with E-state index in [1.165, 1.54) is 24.3 Å². The number of nitrogens with one attached hydrogen (secondary N) is 1. The van der Waals surface area contributed by atoms with Crippen molar-refractivity contribution in [2.75, 3.05) is 7.11 Å². The number of aliphatic imine (C=N–C) groups is 1. The first-order valence-electron chi connectivity index (χ1n) is 8.27. The molecule has 0 saturated heterocycles. The number of rotatable bonds is 3. The highest BCUT2D eigenvalue weighted by Gasteiger charge is 2.18. The molecule has 6 heteroatoms. The molecule has 0 radical (unpaired) electrons. The zero-order chi connectivity index (χ0) is 18.8. The summed E-state index contributed by atoms with van der Waals surface area (Å²) in [6, 6.07) is 17.6. The Morgan fingerprint density at radius 2 is 1.48 bits per heavy atom. The van der Waals surface area contributed by atoms with Gasteiger partial charge in [-0.05, 0) is 66.7 Å². The van der Waals surface area contributed by atoms with Crippen molar-refractivity contribution in [3.63, 3.8) is 0 Å². The van der Waals surface area contributed by atoms with Gasteiger partial charge in [-0.15, -0.1) is 0 Å². The molecule has 1 heterocycles. The molecule has 0 bridgehead atoms. The van der Waals surface area contributed by atoms with Crippen LogP contribution in [0.3, 0.4) is 0 Å². The number of ether oxygens (including phenoxy) is 1. The molecule has 0 aliphatic carbocycles. The van der Waals surface area contributed by atoms with Gasteiger partial charge >= 0.3 is 0 Å². The molecule has 0 amide bonds. The van der Waals surface area contributed by atoms with Crippen LogP contribution in [0.15, 0.2) is 76.8 Å². The monoisotopic (exact) mass is 363 g/mol. The van der Waals surface area contributed by atoms with Gasteiger partial charge in [0.25, 0.3) is 0 Å². The molecule has 3 aromatic carbocycles. The Morgan fingerprint density at radius 3 is 2.19 bits per heavy atom. The summed E-state index contributed by atoms with van der Waals surface area (Å²) in [6.45, 7) is 0. The normalized spacial score (nSPS) is 13.0. The largest absolute Gasteiger partial charge is 0.497 e. The van der Waals surface area contributed by atoms with E-state index in [1.54, 1.807) is 25.3 Å². The van der Waals surface area contributed by atoms with Gasteiger partial charge in [0.1, 0.15) is 23.1 Å². The first kappa shape index (κ1) is 16.9. The quantitative estimate of drug-likeness (QED) is 0.749. The molecular formula is C21H15F2N3O. The summed E-state index contributed by atoms with van der Waals surface area (Å²) in [7, 11) is 1.59. The summed E-state index contributed by atoms with van der Waals surface area (Å²) < 4.78 is 32.3. The number of amidine groups is 1. The van der Waals surface area contributed by atoms with E-state index in [-0.39, 0.29) is 11.6 Å². The zero-order valence-corrected chi connectivity index (χ0v) is 14.4. The maximum Gasteiger partial charge on any atom is 0.154 e. The van der Waals surface area contributed by atoms with Crippen LogP contribution in [0.5, 0.6) is 5.75 Å². The van der Waals surface area contributed by atoms with Crippen molar-refractivity contribution in [2.45, 2.75) is 0 Å². The number of hydrogen-bond acceptors (Lipinski definition) is 4. The first-order chi connectivity index (χ1) is 13.1. The molecule has 0 spiro atoms. The van der Waals surface area contributed by atoms with Crippen LogP contribution >= 0.6 is 0 Å². The van der Waals surface area contributed by atoms with Crippen molar-refractivity contribution >= 4 is 17.2 Å². The Morgan fingerprint density at radius 1 is 0.815 bits per heavy atom. The van der Waals surface area contributed by atoms with Gasteiger partial charge in [-0.25, -0.2) is 13.8 Å². The molecule has 3 aromatic rings. The third kappa shape index (κ3) is 3.42. The first-order valence-corrected chi connectivity index (χ1v) is 8.27. The van der Waals surface area contributed by atoms with E-state index in [9.17, 15) is 8.78 Å². The number of fused-ring (bicyclic) bond motifs is 1. The van der Waals surface area contributed by atoms with Crippen LogP contribution in [-0.2, 0) is 0 Å². The molecule has 0 unspecified atom stereocenters. The molecule has 0 atom stereocenters. The second-order valence-electron chi connectivity index (χ2n) is 5.93. The fourth-order valence-electron chi connectivity index (χ4n) is 2.82. The minimum Gasteiger partial charge on any atom is -0.497 e. The molecular weight excluding hydrogens is 348 g/mol. The van der Waals surface area contributed by atoms with Crippen LogP contribution in [0.1, 0.15) is 16.7 Å². The van der Waals surface area contributed by atoms with E-state index >= 15 is 0 Å². The minimum atomic E-state index is -0.379. The Kier molecular flexibility index (Phi) is 4.38. The summed E-state index contributed by atoms with van der Waals surface area (Å²) in [5, 5.41) is 4.45. The number of halogens is 2. The highest BCUT2D eigenvalue weighted by Crippen LogP contribution is 2.27. The van der Waals surface area contributed by atoms with E-state index in [0.717, 1.165) is 5.56 Å². The van der Waals surface area contributed by atoms with Crippen molar-refractivity contribution in [1.29, 1.82) is 0 Å². The van der Waals surface area contributed by atoms with Gasteiger partial charge in [0, 0.05) is 16.7 Å². The van der Waals surface area contributed by atoms with Crippen LogP contribution in [0.2, 0.25) is 0 Å². The van der Waals surface area contributed by atoms with Gasteiger partial charge in [0.15, 0.2) is 5.84 Å². The van der Waals surface area contributed by atoms with Gasteiger partial charge in [0.2, 0.25) is 0 Å². The molecule has 1 aliphatic heterocycles. The third-order valence-corrected chi connectivity index (χ3v) is 4.20. The lowest BCUT2D eigenvalue weighted by Crippen LogP contribution is -2.19. The molecule has 4 nitrogen and oxygen atoms in total. The van der Waals surface area contributed by atoms with Gasteiger partial charge in [0.05, 0.1) is 12.8 Å². The molecule has 0 saturated carbocycles. The topological polar surface area (TPSA) is 46.0 Å². The number of hydrogen-bond donors (Lipinski definition) is 1. The summed E-state index contributed by atoms with van der Waals surface area (Å²) in [6.07, 6.45) is 0. The van der Waals surface area contributed by atoms with Crippen LogP contribution < -0.4 is 10.2 Å². The average Bonchev–Trinajstić information content (AvgIpc) is 2.88. The van der Waals surface area contributed by atoms with Gasteiger partial charge in [-0.3, -0.25) is 5.43 Å². The van der Waals surface area contributed by atoms with E-state index in [4.69, 9.17) is 4.74 Å². The molecule has 0 fully saturated rings. The number of nitrogens with zero attached hydrogens (tertiary/aromatic N) is 2. The van der Waals surface area contributed by atoms with Crippen molar-refractivity contribution < 1.29 is 13.5 Å². The lowest BCUT2D eigenvalue weighted by Gasteiger charge is -2.08. The maximum absolute atomic E-state index is 13.9. The summed E-state index contributed by atoms with van der Waals surface area (Å²) in [5.41, 5.74) is 6.05. The Labute approximate surface area is 154 Å². The van der Waals surface area contributed by atoms with Crippen LogP contribution in [0.4, 0.5) is 14.5 Å². The lowest BCUT2D eigenvalue weighted by molar-refractivity contribution is 0.415. The molecule has 134 valence electrons. The maximum atomic E-state index is 13.9. The van der Waals surface area contributed by atoms with E-state index in [1.807, 2.05) is 24.3 Å². The zero-order valence-electron chi connectivity index (χ0n) is 14.4. The van der Waals surface area contributed by atoms with Crippen LogP contribution in [0.25, 0.3) is 0 Å². The summed E-state index contributed by atoms with van der Waals surface area (Å²) >= 11 is 0. The highest BCUT2D eigenvalue weighted by atomic mass is 19.1. The van der Waals surface area contributed by atoms with Crippen molar-refractivity contribution in [3.05, 3.63) is 95.1 Å². The summed E-state index contributed by atoms with van der Waals surface area (Å²) in [5.74, 6) is 0.447. The van der Waals surface area contributed by atoms with Crippen LogP contribution in [-0.4, -0.2) is 18.7 Å². The molecule has 4 rings (SSSR count). The Balaban J connectivity index is 1.83. The van der Waals surface area contributed by atoms with Crippen molar-refractivity contribution in [1.82, 2.24) is 5.43 Å². The van der Waals surface area contributed by atoms with E-state index in [2.05, 4.69) is 15.5 Å². The summed E-state index contributed by atoms with van der Waals surface area (Å²) in [4.78, 5) is 4.57. The molecule has 1 aliphatic rings. The highest BCUT2D eigenvalue weighted by molar-refractivity contribution is 6.18. The minimum absolute atomic E-state index is 0.335. The SMILES string of the molecule is COc1ccc(C2=NNC(c3ccc(F)cc3)=Nc3ccc(F)cc32)cc1. The molecule has 1 N–H and O–H groups in total. The fraction of sp³-hybridized carbons (Fsp3) is 0.0476. The molecule has 27 heavy (non-hydrogen) atoms. The smallest absolute Gasteiger partial charge is 0.154 e. The molecule has 0 aromatic heterocycles. The lowest BCUT2D eigenvalue weighted by atomic mass is 10.0. The average molecular weight is 363 g/mol. The van der Waals surface area contributed by atoms with Gasteiger partial charge in [-0.1, -0.05) is 0 Å². The number of methoxy groups -OCH3 is 1. The van der Waals surface area contributed by atoms with E-state index in [0.29, 0.717) is 34.1 Å². The van der Waals surface area contributed by atoms with E-state index < -0.39 is 0 Å². The Bertz CT molecular complexity index is 1040. The Hall–Kier alpha value is -3.54. The van der Waals surface area contributed by atoms with Gasteiger partial charge in [-0.2, -0.15) is 5.10 Å². The predicted octanol–water partition coefficient (Wildman–Crippen LogP) is 4.41. The number of hydrazone groups is 1. The van der Waals surface area contributed by atoms with Crippen molar-refractivity contribution in [2.24, 2.45) is 10.1 Å². The van der Waals surface area contributed by atoms with Gasteiger partial charge < -0.3 is 4.74 Å². The standard InChI is InChI=1S/C21H15F2N3O/c1-27-17-9-4-13(5-10-17)20-18-12-16(23)8-11-19(18)24-21(26-25-20)14-2-6-15(22)7-3-14/h2-12H,1H3,(H,24,26). The third-order valence-electron chi connectivity index (χ3n) is 4.20. The predicted molar refractivity (Wildman–Crippen MR) is 101 cm³/mol. The number of benzene rings is 3.